The van der Waals surface area contributed by atoms with Crippen LogP contribution in [0.5, 0.6) is 0 Å². The van der Waals surface area contributed by atoms with E-state index in [1.54, 1.807) is 11.8 Å². The van der Waals surface area contributed by atoms with Crippen LogP contribution in [-0.4, -0.2) is 17.1 Å². The van der Waals surface area contributed by atoms with Gasteiger partial charge >= 0.3 is 0 Å². The minimum absolute atomic E-state index is 0.0111. The predicted octanol–water partition coefficient (Wildman–Crippen LogP) is 6.04. The highest BCUT2D eigenvalue weighted by molar-refractivity contribution is 7.98. The molecule has 3 nitrogen and oxygen atoms in total. The first-order valence-electron chi connectivity index (χ1n) is 10.0. The average molecular weight is 413 g/mol. The fraction of sp³-hybridized carbons (Fsp3) is 0.154. The number of amides is 1. The molecule has 1 heterocycles. The molecule has 4 aromatic rings. The Morgan fingerprint density at radius 3 is 2.27 bits per heavy atom. The quantitative estimate of drug-likeness (QED) is 0.392. The summed E-state index contributed by atoms with van der Waals surface area (Å²) in [5, 5.41) is 4.18. The van der Waals surface area contributed by atoms with Crippen molar-refractivity contribution in [2.24, 2.45) is 0 Å². The molecule has 0 aliphatic carbocycles. The third-order valence-corrected chi connectivity index (χ3v) is 6.06. The number of carbonyl (C=O) groups excluding carboxylic acids is 1. The number of benzene rings is 3. The molecule has 4 rings (SSSR count). The van der Waals surface area contributed by atoms with Crippen LogP contribution in [0.3, 0.4) is 0 Å². The van der Waals surface area contributed by atoms with Gasteiger partial charge in [0.15, 0.2) is 0 Å². The summed E-state index contributed by atoms with van der Waals surface area (Å²) in [6.45, 7) is 2.02. The van der Waals surface area contributed by atoms with Crippen molar-refractivity contribution in [3.63, 3.8) is 0 Å². The van der Waals surface area contributed by atoms with E-state index in [2.05, 4.69) is 23.5 Å². The average Bonchev–Trinajstić information content (AvgIpc) is 2.80. The Labute approximate surface area is 181 Å². The third kappa shape index (κ3) is 4.24. The molecule has 1 atom stereocenters. The number of hydrogen-bond donors (Lipinski definition) is 1. The van der Waals surface area contributed by atoms with Crippen LogP contribution < -0.4 is 5.32 Å². The van der Waals surface area contributed by atoms with Gasteiger partial charge in [-0.05, 0) is 30.4 Å². The van der Waals surface area contributed by atoms with Crippen molar-refractivity contribution < 1.29 is 4.79 Å². The van der Waals surface area contributed by atoms with Crippen molar-refractivity contribution in [3.05, 3.63) is 96.1 Å². The Morgan fingerprint density at radius 1 is 0.933 bits per heavy atom. The van der Waals surface area contributed by atoms with E-state index in [9.17, 15) is 4.79 Å². The second kappa shape index (κ2) is 9.14. The van der Waals surface area contributed by atoms with Crippen LogP contribution in [0.25, 0.3) is 22.2 Å². The fourth-order valence-electron chi connectivity index (χ4n) is 3.73. The highest BCUT2D eigenvalue weighted by Gasteiger charge is 2.19. The van der Waals surface area contributed by atoms with Gasteiger partial charge in [0.1, 0.15) is 0 Å². The molecule has 0 radical (unpaired) electrons. The zero-order valence-electron chi connectivity index (χ0n) is 17.1. The summed E-state index contributed by atoms with van der Waals surface area (Å²) in [5.41, 5.74) is 5.03. The number of para-hydroxylation sites is 1. The van der Waals surface area contributed by atoms with Crippen molar-refractivity contribution in [1.29, 1.82) is 0 Å². The molecule has 0 aliphatic rings. The summed E-state index contributed by atoms with van der Waals surface area (Å²) in [4.78, 5) is 19.0. The van der Waals surface area contributed by atoms with E-state index in [1.807, 2.05) is 79.9 Å². The Kier molecular flexibility index (Phi) is 6.15. The molecule has 3 aromatic carbocycles. The van der Waals surface area contributed by atoms with Crippen LogP contribution in [-0.2, 0) is 11.2 Å². The van der Waals surface area contributed by atoms with Gasteiger partial charge in [-0.25, -0.2) is 4.98 Å². The molecule has 1 amide bonds. The van der Waals surface area contributed by atoms with Gasteiger partial charge in [-0.15, -0.1) is 11.8 Å². The fourth-order valence-corrected chi connectivity index (χ4v) is 4.51. The molecule has 30 heavy (non-hydrogen) atoms. The molecule has 0 aliphatic heterocycles. The Morgan fingerprint density at radius 2 is 1.57 bits per heavy atom. The Bertz CT molecular complexity index is 1160. The smallest absolute Gasteiger partial charge is 0.224 e. The first kappa shape index (κ1) is 20.2. The summed E-state index contributed by atoms with van der Waals surface area (Å²) in [6, 6.07) is 28.2. The number of pyridine rings is 1. The lowest BCUT2D eigenvalue weighted by molar-refractivity contribution is -0.121. The molecule has 0 saturated carbocycles. The lowest BCUT2D eigenvalue weighted by Gasteiger charge is -2.18. The van der Waals surface area contributed by atoms with Crippen molar-refractivity contribution in [3.8, 4) is 11.3 Å². The lowest BCUT2D eigenvalue weighted by atomic mass is 10.0. The summed E-state index contributed by atoms with van der Waals surface area (Å²) in [5.74, 6) is 0.0111. The van der Waals surface area contributed by atoms with Gasteiger partial charge in [-0.1, -0.05) is 78.9 Å². The molecule has 0 spiro atoms. The number of rotatable bonds is 6. The molecular formula is C26H24N2OS. The van der Waals surface area contributed by atoms with Gasteiger partial charge in [0.2, 0.25) is 5.91 Å². The van der Waals surface area contributed by atoms with E-state index in [4.69, 9.17) is 4.98 Å². The summed E-state index contributed by atoms with van der Waals surface area (Å²) in [6.07, 6.45) is 2.36. The van der Waals surface area contributed by atoms with Crippen molar-refractivity contribution in [2.45, 2.75) is 24.3 Å². The molecule has 0 bridgehead atoms. The predicted molar refractivity (Wildman–Crippen MR) is 126 cm³/mol. The van der Waals surface area contributed by atoms with E-state index in [1.165, 1.54) is 0 Å². The Balaban J connectivity index is 1.73. The monoisotopic (exact) mass is 412 g/mol. The number of fused-ring (bicyclic) bond motifs is 1. The maximum atomic E-state index is 13.0. The van der Waals surface area contributed by atoms with Crippen LogP contribution in [0, 0.1) is 0 Å². The second-order valence-corrected chi connectivity index (χ2v) is 8.05. The minimum Gasteiger partial charge on any atom is -0.349 e. The van der Waals surface area contributed by atoms with Crippen LogP contribution in [0.4, 0.5) is 0 Å². The molecule has 0 fully saturated rings. The van der Waals surface area contributed by atoms with Gasteiger partial charge in [0.25, 0.3) is 0 Å². The normalized spacial score (nSPS) is 11.9. The summed E-state index contributed by atoms with van der Waals surface area (Å²) >= 11 is 1.65. The number of nitrogens with zero attached hydrogens (tertiary/aromatic N) is 1. The van der Waals surface area contributed by atoms with Gasteiger partial charge in [-0.2, -0.15) is 0 Å². The van der Waals surface area contributed by atoms with Crippen LogP contribution >= 0.6 is 11.8 Å². The summed E-state index contributed by atoms with van der Waals surface area (Å²) in [7, 11) is 0. The molecule has 1 aromatic heterocycles. The zero-order chi connectivity index (χ0) is 20.9. The number of aromatic nitrogens is 1. The maximum absolute atomic E-state index is 13.0. The van der Waals surface area contributed by atoms with Gasteiger partial charge in [0, 0.05) is 15.8 Å². The van der Waals surface area contributed by atoms with Crippen LogP contribution in [0.15, 0.2) is 89.8 Å². The van der Waals surface area contributed by atoms with Crippen LogP contribution in [0.1, 0.15) is 24.1 Å². The lowest BCUT2D eigenvalue weighted by Crippen LogP contribution is -2.28. The first-order valence-corrected chi connectivity index (χ1v) is 11.2. The minimum atomic E-state index is -0.0434. The van der Waals surface area contributed by atoms with E-state index >= 15 is 0 Å². The zero-order valence-corrected chi connectivity index (χ0v) is 17.9. The largest absolute Gasteiger partial charge is 0.349 e. The van der Waals surface area contributed by atoms with Crippen molar-refractivity contribution >= 4 is 28.6 Å². The molecular weight excluding hydrogens is 388 g/mol. The number of hydrogen-bond acceptors (Lipinski definition) is 3. The molecule has 4 heteroatoms. The number of nitrogens with one attached hydrogen (secondary N) is 1. The number of thioether (sulfide) groups is 1. The highest BCUT2D eigenvalue weighted by Crippen LogP contribution is 2.36. The van der Waals surface area contributed by atoms with Gasteiger partial charge in [0.05, 0.1) is 23.7 Å². The standard InChI is InChI=1S/C26H24N2OS/c1-18(19-11-5-3-6-12-19)27-24(29)17-22-21-15-9-10-16-23(21)28-25(26(22)30-2)20-13-7-4-8-14-20/h3-16,18H,17H2,1-2H3,(H,27,29). The van der Waals surface area contributed by atoms with E-state index in [0.717, 1.165) is 38.2 Å². The van der Waals surface area contributed by atoms with Crippen molar-refractivity contribution in [2.75, 3.05) is 6.26 Å². The first-order chi connectivity index (χ1) is 14.7. The van der Waals surface area contributed by atoms with E-state index < -0.39 is 0 Å². The number of carbonyl (C=O) groups is 1. The van der Waals surface area contributed by atoms with Crippen LogP contribution in [0.2, 0.25) is 0 Å². The SMILES string of the molecule is CSc1c(-c2ccccc2)nc2ccccc2c1CC(=O)NC(C)c1ccccc1. The topological polar surface area (TPSA) is 42.0 Å². The third-order valence-electron chi connectivity index (χ3n) is 5.22. The molecule has 0 saturated heterocycles. The molecule has 1 unspecified atom stereocenters. The van der Waals surface area contributed by atoms with Gasteiger partial charge in [-0.3, -0.25) is 4.79 Å². The second-order valence-electron chi connectivity index (χ2n) is 7.23. The highest BCUT2D eigenvalue weighted by atomic mass is 32.2. The maximum Gasteiger partial charge on any atom is 0.224 e. The van der Waals surface area contributed by atoms with E-state index in [0.29, 0.717) is 6.42 Å². The summed E-state index contributed by atoms with van der Waals surface area (Å²) < 4.78 is 0. The van der Waals surface area contributed by atoms with Gasteiger partial charge < -0.3 is 5.32 Å². The molecule has 1 N–H and O–H groups in total. The Hall–Kier alpha value is -3.11. The van der Waals surface area contributed by atoms with E-state index in [-0.39, 0.29) is 11.9 Å². The van der Waals surface area contributed by atoms with Crippen molar-refractivity contribution in [1.82, 2.24) is 10.3 Å². The molecule has 150 valence electrons.